The van der Waals surface area contributed by atoms with Crippen molar-refractivity contribution in [3.63, 3.8) is 0 Å². The molecule has 2 aromatic carbocycles. The molecule has 0 saturated heterocycles. The Labute approximate surface area is 250 Å². The third-order valence-electron chi connectivity index (χ3n) is 9.20. The highest BCUT2D eigenvalue weighted by molar-refractivity contribution is 7.16. The maximum absolute atomic E-state index is 12.9. The van der Waals surface area contributed by atoms with E-state index in [0.717, 1.165) is 9.75 Å². The molecule has 4 aromatic rings. The molecule has 4 nitrogen and oxygen atoms in total. The molecule has 6 heteroatoms. The van der Waals surface area contributed by atoms with Crippen molar-refractivity contribution in [1.29, 1.82) is 0 Å². The standard InChI is InChI=1S/C36H24O4S2/c1-35(2)25-15-17(13-23-19-9-5-7-11-21(19)29(37)31(23)39)41-33(25)28-27(35)34-26(36(28,3)4)16-18(42-34)14-24-20-10-6-8-12-22(20)30(38)32(24)40/h5-16H,1-4H3/b23-13-,24-14-. The van der Waals surface area contributed by atoms with Crippen LogP contribution in [-0.2, 0) is 20.4 Å². The minimum Gasteiger partial charge on any atom is -0.285 e. The van der Waals surface area contributed by atoms with E-state index in [2.05, 4.69) is 39.8 Å². The van der Waals surface area contributed by atoms with Gasteiger partial charge in [0.1, 0.15) is 0 Å². The first-order valence-corrected chi connectivity index (χ1v) is 15.5. The van der Waals surface area contributed by atoms with Gasteiger partial charge in [-0.25, -0.2) is 0 Å². The fourth-order valence-electron chi connectivity index (χ4n) is 7.09. The zero-order valence-corrected chi connectivity index (χ0v) is 25.0. The lowest BCUT2D eigenvalue weighted by Crippen LogP contribution is -2.16. The van der Waals surface area contributed by atoms with Crippen molar-refractivity contribution >= 4 is 80.3 Å². The van der Waals surface area contributed by atoms with Gasteiger partial charge in [0.15, 0.2) is 0 Å². The topological polar surface area (TPSA) is 68.3 Å². The smallest absolute Gasteiger partial charge is 0.234 e. The lowest BCUT2D eigenvalue weighted by molar-refractivity contribution is -0.110. The van der Waals surface area contributed by atoms with Crippen LogP contribution in [0, 0.1) is 0 Å². The number of carbonyl (C=O) groups is 4. The van der Waals surface area contributed by atoms with Crippen LogP contribution in [0.2, 0.25) is 0 Å². The first kappa shape index (κ1) is 25.5. The van der Waals surface area contributed by atoms with Gasteiger partial charge < -0.3 is 0 Å². The molecular weight excluding hydrogens is 561 g/mol. The Morgan fingerprint density at radius 1 is 0.524 bits per heavy atom. The highest BCUT2D eigenvalue weighted by Gasteiger charge is 2.52. The van der Waals surface area contributed by atoms with Crippen LogP contribution in [0.3, 0.4) is 0 Å². The van der Waals surface area contributed by atoms with Crippen molar-refractivity contribution in [2.75, 3.05) is 0 Å². The molecule has 4 aliphatic carbocycles. The molecule has 0 unspecified atom stereocenters. The van der Waals surface area contributed by atoms with Crippen molar-refractivity contribution in [3.8, 4) is 0 Å². The van der Waals surface area contributed by atoms with Crippen LogP contribution >= 0.6 is 22.7 Å². The summed E-state index contributed by atoms with van der Waals surface area (Å²) in [7, 11) is 0. The molecular formula is C36H24O4S2. The lowest BCUT2D eigenvalue weighted by Gasteiger charge is -2.23. The summed E-state index contributed by atoms with van der Waals surface area (Å²) in [5.41, 5.74) is 7.82. The second-order valence-electron chi connectivity index (χ2n) is 12.3. The summed E-state index contributed by atoms with van der Waals surface area (Å²) in [6.45, 7) is 8.98. The second kappa shape index (κ2) is 8.18. The van der Waals surface area contributed by atoms with Gasteiger partial charge in [-0.2, -0.15) is 0 Å². The first-order chi connectivity index (χ1) is 20.0. The summed E-state index contributed by atoms with van der Waals surface area (Å²) in [6, 6.07) is 18.8. The van der Waals surface area contributed by atoms with E-state index in [9.17, 15) is 19.2 Å². The van der Waals surface area contributed by atoms with Gasteiger partial charge in [-0.1, -0.05) is 76.2 Å². The molecule has 0 fully saturated rings. The summed E-state index contributed by atoms with van der Waals surface area (Å²) in [5.74, 6) is -1.77. The van der Waals surface area contributed by atoms with E-state index in [1.165, 1.54) is 32.0 Å². The Morgan fingerprint density at radius 2 is 0.881 bits per heavy atom. The van der Waals surface area contributed by atoms with E-state index >= 15 is 0 Å². The molecule has 2 heterocycles. The number of ketones is 4. The number of hydrogen-bond donors (Lipinski definition) is 0. The predicted molar refractivity (Wildman–Crippen MR) is 169 cm³/mol. The normalized spacial score (nSPS) is 21.0. The molecule has 0 spiro atoms. The fraction of sp³-hybridized carbons (Fsp3) is 0.167. The minimum absolute atomic E-state index is 0.269. The highest BCUT2D eigenvalue weighted by atomic mass is 32.1. The number of benzene rings is 2. The quantitative estimate of drug-likeness (QED) is 0.177. The van der Waals surface area contributed by atoms with E-state index < -0.39 is 23.1 Å². The monoisotopic (exact) mass is 584 g/mol. The Morgan fingerprint density at radius 3 is 1.26 bits per heavy atom. The molecule has 204 valence electrons. The van der Waals surface area contributed by atoms with Crippen LogP contribution in [0.25, 0.3) is 34.4 Å². The van der Waals surface area contributed by atoms with Gasteiger partial charge in [0.05, 0.1) is 0 Å². The van der Waals surface area contributed by atoms with E-state index in [1.54, 1.807) is 46.9 Å². The molecule has 0 saturated carbocycles. The summed E-state index contributed by atoms with van der Waals surface area (Å²) >= 11 is 3.36. The molecule has 4 aliphatic rings. The number of allylic oxidation sites excluding steroid dienone is 4. The summed E-state index contributed by atoms with van der Waals surface area (Å²) in [5, 5.41) is 0. The maximum atomic E-state index is 12.9. The van der Waals surface area contributed by atoms with Gasteiger partial charge in [-0.3, -0.25) is 19.2 Å². The minimum atomic E-state index is -0.445. The van der Waals surface area contributed by atoms with Crippen LogP contribution in [0.5, 0.6) is 0 Å². The molecule has 0 atom stereocenters. The van der Waals surface area contributed by atoms with Gasteiger partial charge >= 0.3 is 0 Å². The SMILES string of the molecule is CC1(C)C2=C(c3sc(/C=C4\C(=O)C(=O)c5ccccc54)cc31)C(C)(C)c1cc(/C=C3\C(=O)C(=O)c4ccccc43)sc12. The predicted octanol–water partition coefficient (Wildman–Crippen LogP) is 7.91. The van der Waals surface area contributed by atoms with Crippen LogP contribution in [-0.4, -0.2) is 23.1 Å². The molecule has 42 heavy (non-hydrogen) atoms. The van der Waals surface area contributed by atoms with Gasteiger partial charge in [0.25, 0.3) is 0 Å². The molecule has 0 amide bonds. The number of thiophene rings is 2. The van der Waals surface area contributed by atoms with Gasteiger partial charge in [0, 0.05) is 52.6 Å². The van der Waals surface area contributed by atoms with Crippen molar-refractivity contribution in [1.82, 2.24) is 0 Å². The molecule has 8 rings (SSSR count). The van der Waals surface area contributed by atoms with Crippen LogP contribution in [0.4, 0.5) is 0 Å². The second-order valence-corrected chi connectivity index (χ2v) is 14.5. The van der Waals surface area contributed by atoms with Crippen molar-refractivity contribution in [3.05, 3.63) is 114 Å². The average molecular weight is 585 g/mol. The third kappa shape index (κ3) is 3.11. The average Bonchev–Trinajstić information content (AvgIpc) is 3.76. The van der Waals surface area contributed by atoms with Crippen LogP contribution in [0.15, 0.2) is 60.7 Å². The third-order valence-corrected chi connectivity index (χ3v) is 11.4. The molecule has 0 radical (unpaired) electrons. The maximum Gasteiger partial charge on any atom is 0.234 e. The van der Waals surface area contributed by atoms with E-state index in [0.29, 0.717) is 33.4 Å². The Balaban J connectivity index is 1.23. The van der Waals surface area contributed by atoms with Crippen LogP contribution < -0.4 is 0 Å². The molecule has 0 aliphatic heterocycles. The molecule has 0 N–H and O–H groups in total. The highest BCUT2D eigenvalue weighted by Crippen LogP contribution is 2.66. The number of fused-ring (bicyclic) bond motifs is 6. The van der Waals surface area contributed by atoms with E-state index in [1.807, 2.05) is 36.4 Å². The number of rotatable bonds is 2. The number of Topliss-reactive ketones (excluding diaryl/α,β-unsaturated/α-hetero) is 4. The number of hydrogen-bond acceptors (Lipinski definition) is 6. The summed E-state index contributed by atoms with van der Waals surface area (Å²) < 4.78 is 0. The molecule has 2 aromatic heterocycles. The van der Waals surface area contributed by atoms with Crippen LogP contribution in [0.1, 0.15) is 90.2 Å². The molecule has 0 bridgehead atoms. The first-order valence-electron chi connectivity index (χ1n) is 13.8. The lowest BCUT2D eigenvalue weighted by atomic mass is 9.80. The van der Waals surface area contributed by atoms with Gasteiger partial charge in [0.2, 0.25) is 23.1 Å². The summed E-state index contributed by atoms with van der Waals surface area (Å²) in [4.78, 5) is 55.3. The largest absolute Gasteiger partial charge is 0.285 e. The zero-order valence-electron chi connectivity index (χ0n) is 23.4. The van der Waals surface area contributed by atoms with Crippen molar-refractivity contribution < 1.29 is 19.2 Å². The Bertz CT molecular complexity index is 1950. The fourth-order valence-corrected chi connectivity index (χ4v) is 10.0. The Hall–Kier alpha value is -4.26. The van der Waals surface area contributed by atoms with Gasteiger partial charge in [-0.05, 0) is 57.7 Å². The van der Waals surface area contributed by atoms with Gasteiger partial charge in [-0.15, -0.1) is 22.7 Å². The summed E-state index contributed by atoms with van der Waals surface area (Å²) in [6.07, 6.45) is 3.76. The van der Waals surface area contributed by atoms with E-state index in [-0.39, 0.29) is 10.8 Å². The van der Waals surface area contributed by atoms with E-state index in [4.69, 9.17) is 0 Å². The van der Waals surface area contributed by atoms with Crippen molar-refractivity contribution in [2.24, 2.45) is 0 Å². The van der Waals surface area contributed by atoms with Crippen molar-refractivity contribution in [2.45, 2.75) is 38.5 Å². The Kier molecular flexibility index (Phi) is 4.96. The zero-order chi connectivity index (χ0) is 29.3. The number of carbonyl (C=O) groups excluding carboxylic acids is 4.